The first-order chi connectivity index (χ1) is 8.29. The van der Waals surface area contributed by atoms with E-state index in [0.29, 0.717) is 5.96 Å². The molecule has 1 saturated heterocycles. The van der Waals surface area contributed by atoms with Crippen LogP contribution < -0.4 is 11.1 Å². The highest BCUT2D eigenvalue weighted by molar-refractivity contribution is 14.0. The molecule has 106 valence electrons. The van der Waals surface area contributed by atoms with Crippen LogP contribution in [0.4, 0.5) is 0 Å². The first-order valence-electron chi connectivity index (χ1n) is 7.07. The van der Waals surface area contributed by atoms with Gasteiger partial charge in [0.2, 0.25) is 0 Å². The fourth-order valence-corrected chi connectivity index (χ4v) is 2.46. The number of halogens is 1. The summed E-state index contributed by atoms with van der Waals surface area (Å²) in [6.45, 7) is 6.53. The van der Waals surface area contributed by atoms with Gasteiger partial charge in [0.25, 0.3) is 0 Å². The SMILES string of the molecule is CCCCNC(N)=NCC1CCN(C2CC2)C1.I. The molecule has 0 aromatic heterocycles. The Hall–Kier alpha value is -0.0400. The average molecular weight is 366 g/mol. The minimum Gasteiger partial charge on any atom is -0.370 e. The first kappa shape index (κ1) is 16.0. The van der Waals surface area contributed by atoms with E-state index in [4.69, 9.17) is 5.73 Å². The van der Waals surface area contributed by atoms with Gasteiger partial charge < -0.3 is 16.0 Å². The van der Waals surface area contributed by atoms with E-state index in [9.17, 15) is 0 Å². The van der Waals surface area contributed by atoms with Crippen LogP contribution in [0.2, 0.25) is 0 Å². The molecule has 2 fully saturated rings. The van der Waals surface area contributed by atoms with E-state index in [0.717, 1.165) is 31.5 Å². The largest absolute Gasteiger partial charge is 0.370 e. The van der Waals surface area contributed by atoms with Gasteiger partial charge in [-0.25, -0.2) is 0 Å². The molecule has 18 heavy (non-hydrogen) atoms. The number of guanidine groups is 1. The van der Waals surface area contributed by atoms with Crippen molar-refractivity contribution >= 4 is 29.9 Å². The lowest BCUT2D eigenvalue weighted by Gasteiger charge is -2.13. The summed E-state index contributed by atoms with van der Waals surface area (Å²) in [5.41, 5.74) is 5.82. The predicted molar refractivity (Wildman–Crippen MR) is 87.5 cm³/mol. The zero-order chi connectivity index (χ0) is 12.1. The zero-order valence-electron chi connectivity index (χ0n) is 11.4. The van der Waals surface area contributed by atoms with Crippen molar-refractivity contribution in [2.75, 3.05) is 26.2 Å². The number of hydrogen-bond acceptors (Lipinski definition) is 2. The molecule has 2 rings (SSSR count). The summed E-state index contributed by atoms with van der Waals surface area (Å²) in [6.07, 6.45) is 6.48. The topological polar surface area (TPSA) is 53.6 Å². The van der Waals surface area contributed by atoms with Gasteiger partial charge in [0.05, 0.1) is 0 Å². The summed E-state index contributed by atoms with van der Waals surface area (Å²) < 4.78 is 0. The second-order valence-electron chi connectivity index (χ2n) is 5.39. The summed E-state index contributed by atoms with van der Waals surface area (Å²) in [7, 11) is 0. The molecule has 0 radical (unpaired) electrons. The Bertz CT molecular complexity index is 266. The Balaban J connectivity index is 0.00000162. The van der Waals surface area contributed by atoms with Crippen molar-refractivity contribution in [2.45, 2.75) is 45.1 Å². The lowest BCUT2D eigenvalue weighted by atomic mass is 10.1. The third kappa shape index (κ3) is 5.30. The van der Waals surface area contributed by atoms with Gasteiger partial charge >= 0.3 is 0 Å². The average Bonchev–Trinajstić information content (AvgIpc) is 3.07. The first-order valence-corrected chi connectivity index (χ1v) is 7.07. The van der Waals surface area contributed by atoms with Crippen LogP contribution in [0.25, 0.3) is 0 Å². The molecule has 0 spiro atoms. The van der Waals surface area contributed by atoms with Crippen LogP contribution in [0.1, 0.15) is 39.0 Å². The Morgan fingerprint density at radius 3 is 2.83 bits per heavy atom. The van der Waals surface area contributed by atoms with Crippen LogP contribution in [-0.4, -0.2) is 43.1 Å². The van der Waals surface area contributed by atoms with Gasteiger partial charge in [-0.2, -0.15) is 0 Å². The van der Waals surface area contributed by atoms with Gasteiger partial charge in [0, 0.05) is 25.7 Å². The molecule has 5 heteroatoms. The predicted octanol–water partition coefficient (Wildman–Crippen LogP) is 1.79. The third-order valence-corrected chi connectivity index (χ3v) is 3.74. The lowest BCUT2D eigenvalue weighted by Crippen LogP contribution is -2.33. The molecule has 1 atom stereocenters. The maximum Gasteiger partial charge on any atom is 0.188 e. The van der Waals surface area contributed by atoms with E-state index in [1.165, 1.54) is 38.8 Å². The van der Waals surface area contributed by atoms with Crippen LogP contribution >= 0.6 is 24.0 Å². The van der Waals surface area contributed by atoms with E-state index in [1.807, 2.05) is 0 Å². The molecule has 1 saturated carbocycles. The zero-order valence-corrected chi connectivity index (χ0v) is 13.7. The molecular formula is C13H27IN4. The minimum absolute atomic E-state index is 0. The Labute approximate surface area is 128 Å². The van der Waals surface area contributed by atoms with Crippen molar-refractivity contribution in [1.29, 1.82) is 0 Å². The standard InChI is InChI=1S/C13H26N4.HI/c1-2-3-7-15-13(14)16-9-11-6-8-17(10-11)12-4-5-12;/h11-12H,2-10H2,1H3,(H3,14,15,16);1H. The number of nitrogens with two attached hydrogens (primary N) is 1. The van der Waals surface area contributed by atoms with Crippen LogP contribution in [0.5, 0.6) is 0 Å². The number of nitrogens with zero attached hydrogens (tertiary/aromatic N) is 2. The molecule has 0 aromatic rings. The van der Waals surface area contributed by atoms with Gasteiger partial charge in [0.1, 0.15) is 0 Å². The fraction of sp³-hybridized carbons (Fsp3) is 0.923. The van der Waals surface area contributed by atoms with Crippen LogP contribution in [-0.2, 0) is 0 Å². The molecule has 0 amide bonds. The number of aliphatic imine (C=N–C) groups is 1. The Morgan fingerprint density at radius 2 is 2.17 bits per heavy atom. The lowest BCUT2D eigenvalue weighted by molar-refractivity contribution is 0.315. The van der Waals surface area contributed by atoms with E-state index < -0.39 is 0 Å². The molecule has 4 nitrogen and oxygen atoms in total. The van der Waals surface area contributed by atoms with Crippen molar-refractivity contribution in [3.05, 3.63) is 0 Å². The highest BCUT2D eigenvalue weighted by Gasteiger charge is 2.34. The van der Waals surface area contributed by atoms with Gasteiger partial charge in [0.15, 0.2) is 5.96 Å². The molecular weight excluding hydrogens is 339 g/mol. The normalized spacial score (nSPS) is 24.9. The summed E-state index contributed by atoms with van der Waals surface area (Å²) in [4.78, 5) is 7.07. The van der Waals surface area contributed by atoms with E-state index in [1.54, 1.807) is 0 Å². The molecule has 1 aliphatic carbocycles. The molecule has 1 aliphatic heterocycles. The van der Waals surface area contributed by atoms with Gasteiger partial charge in [-0.15, -0.1) is 24.0 Å². The molecule has 2 aliphatic rings. The molecule has 0 bridgehead atoms. The highest BCUT2D eigenvalue weighted by atomic mass is 127. The van der Waals surface area contributed by atoms with E-state index in [2.05, 4.69) is 22.1 Å². The number of likely N-dealkylation sites (tertiary alicyclic amines) is 1. The number of nitrogens with one attached hydrogen (secondary N) is 1. The van der Waals surface area contributed by atoms with E-state index in [-0.39, 0.29) is 24.0 Å². The molecule has 1 heterocycles. The van der Waals surface area contributed by atoms with Crippen molar-refractivity contribution in [3.8, 4) is 0 Å². The minimum atomic E-state index is 0. The maximum atomic E-state index is 5.82. The summed E-state index contributed by atoms with van der Waals surface area (Å²) in [6, 6.07) is 0.906. The second-order valence-corrected chi connectivity index (χ2v) is 5.39. The van der Waals surface area contributed by atoms with E-state index >= 15 is 0 Å². The monoisotopic (exact) mass is 366 g/mol. The van der Waals surface area contributed by atoms with Crippen LogP contribution in [0, 0.1) is 5.92 Å². The van der Waals surface area contributed by atoms with Gasteiger partial charge in [-0.3, -0.25) is 4.99 Å². The summed E-state index contributed by atoms with van der Waals surface area (Å²) in [5, 5.41) is 3.17. The van der Waals surface area contributed by atoms with Crippen molar-refractivity contribution in [1.82, 2.24) is 10.2 Å². The molecule has 1 unspecified atom stereocenters. The molecule has 0 aromatic carbocycles. The fourth-order valence-electron chi connectivity index (χ4n) is 2.46. The van der Waals surface area contributed by atoms with Crippen molar-refractivity contribution in [3.63, 3.8) is 0 Å². The number of rotatable bonds is 6. The summed E-state index contributed by atoms with van der Waals surface area (Å²) >= 11 is 0. The second kappa shape index (κ2) is 8.19. The van der Waals surface area contributed by atoms with Crippen LogP contribution in [0.3, 0.4) is 0 Å². The van der Waals surface area contributed by atoms with Crippen LogP contribution in [0.15, 0.2) is 4.99 Å². The van der Waals surface area contributed by atoms with Gasteiger partial charge in [-0.05, 0) is 38.1 Å². The number of hydrogen-bond donors (Lipinski definition) is 2. The van der Waals surface area contributed by atoms with Crippen molar-refractivity contribution in [2.24, 2.45) is 16.6 Å². The molecule has 3 N–H and O–H groups in total. The third-order valence-electron chi connectivity index (χ3n) is 3.74. The Morgan fingerprint density at radius 1 is 1.39 bits per heavy atom. The summed E-state index contributed by atoms with van der Waals surface area (Å²) in [5.74, 6) is 1.35. The smallest absolute Gasteiger partial charge is 0.188 e. The Kier molecular flexibility index (Phi) is 7.29. The number of unbranched alkanes of at least 4 members (excludes halogenated alkanes) is 1. The quantitative estimate of drug-likeness (QED) is 0.326. The maximum absolute atomic E-state index is 5.82. The van der Waals surface area contributed by atoms with Crippen molar-refractivity contribution < 1.29 is 0 Å². The highest BCUT2D eigenvalue weighted by Crippen LogP contribution is 2.31. The van der Waals surface area contributed by atoms with Gasteiger partial charge in [-0.1, -0.05) is 13.3 Å².